The Labute approximate surface area is 221 Å². The van der Waals surface area contributed by atoms with Crippen molar-refractivity contribution in [3.8, 4) is 5.75 Å². The topological polar surface area (TPSA) is 53.5 Å². The molecular weight excluding hydrogens is 518 g/mol. The van der Waals surface area contributed by atoms with Gasteiger partial charge in [-0.3, -0.25) is 5.32 Å². The van der Waals surface area contributed by atoms with E-state index in [2.05, 4.69) is 63.1 Å². The van der Waals surface area contributed by atoms with Gasteiger partial charge in [0.1, 0.15) is 12.1 Å². The Morgan fingerprint density at radius 3 is 2.55 bits per heavy atom. The molecule has 0 aliphatic carbocycles. The zero-order valence-corrected chi connectivity index (χ0v) is 21.0. The van der Waals surface area contributed by atoms with Crippen LogP contribution in [0.5, 0.6) is 5.75 Å². The van der Waals surface area contributed by atoms with Crippen molar-refractivity contribution in [2.45, 2.75) is 24.1 Å². The van der Waals surface area contributed by atoms with E-state index in [0.717, 1.165) is 29.3 Å². The Hall–Kier alpha value is -3.57. The quantitative estimate of drug-likeness (QED) is 0.167. The minimum Gasteiger partial charge on any atom is -0.469 e. The lowest BCUT2D eigenvalue weighted by molar-refractivity contribution is 0.141. The van der Waals surface area contributed by atoms with Gasteiger partial charge in [0.05, 0.1) is 23.7 Å². The van der Waals surface area contributed by atoms with E-state index >= 15 is 0 Å². The number of benzene rings is 3. The van der Waals surface area contributed by atoms with Gasteiger partial charge in [0.15, 0.2) is 23.6 Å². The molecule has 6 rings (SSSR count). The molecule has 2 aliphatic heterocycles. The molecule has 6 nitrogen and oxygen atoms in total. The highest BCUT2D eigenvalue weighted by molar-refractivity contribution is 7.80. The Kier molecular flexibility index (Phi) is 6.48. The summed E-state index contributed by atoms with van der Waals surface area (Å²) in [6.45, 7) is 2.63. The van der Waals surface area contributed by atoms with E-state index in [9.17, 15) is 17.6 Å². The zero-order chi connectivity index (χ0) is 26.4. The molecule has 3 aromatic carbocycles. The molecule has 1 N–H and O–H groups in total. The number of fused-ring (bicyclic) bond motifs is 2. The van der Waals surface area contributed by atoms with Crippen molar-refractivity contribution < 1.29 is 22.3 Å². The SMILES string of the molecule is Fc1c(F)c(F)c(OC2CN(c3ncnc4c3CCN(c3cccc5ccccc35)C4)CCN2)c(S)c1F. The Balaban J connectivity index is 1.24. The number of hydrogen-bond donors (Lipinski definition) is 2. The maximum atomic E-state index is 14.4. The number of nitrogens with zero attached hydrogens (tertiary/aromatic N) is 4. The van der Waals surface area contributed by atoms with Crippen LogP contribution in [-0.2, 0) is 13.0 Å². The van der Waals surface area contributed by atoms with E-state index in [1.165, 1.54) is 17.1 Å². The molecule has 1 aromatic heterocycles. The first-order valence-electron chi connectivity index (χ1n) is 12.2. The molecule has 3 heterocycles. The summed E-state index contributed by atoms with van der Waals surface area (Å²) in [4.78, 5) is 12.6. The van der Waals surface area contributed by atoms with Crippen LogP contribution in [0.4, 0.5) is 29.1 Å². The molecule has 38 heavy (non-hydrogen) atoms. The predicted octanol–water partition coefficient (Wildman–Crippen LogP) is 4.85. The van der Waals surface area contributed by atoms with Gasteiger partial charge in [0.25, 0.3) is 0 Å². The molecule has 0 radical (unpaired) electrons. The summed E-state index contributed by atoms with van der Waals surface area (Å²) in [7, 11) is 0. The van der Waals surface area contributed by atoms with Gasteiger partial charge >= 0.3 is 0 Å². The van der Waals surface area contributed by atoms with Crippen LogP contribution in [-0.4, -0.2) is 42.4 Å². The fourth-order valence-corrected chi connectivity index (χ4v) is 5.39. The molecule has 11 heteroatoms. The summed E-state index contributed by atoms with van der Waals surface area (Å²) in [5.74, 6) is -7.13. The van der Waals surface area contributed by atoms with Gasteiger partial charge in [0.2, 0.25) is 11.6 Å². The zero-order valence-electron chi connectivity index (χ0n) is 20.1. The average molecular weight is 542 g/mol. The number of ether oxygens (including phenoxy) is 1. The molecule has 196 valence electrons. The van der Waals surface area contributed by atoms with Crippen molar-refractivity contribution in [3.63, 3.8) is 0 Å². The van der Waals surface area contributed by atoms with Crippen molar-refractivity contribution in [2.75, 3.05) is 36.0 Å². The van der Waals surface area contributed by atoms with Crippen LogP contribution in [0.15, 0.2) is 53.7 Å². The summed E-state index contributed by atoms with van der Waals surface area (Å²) in [5.41, 5.74) is 3.08. The lowest BCUT2D eigenvalue weighted by Crippen LogP contribution is -2.54. The number of nitrogens with one attached hydrogen (secondary N) is 1. The van der Waals surface area contributed by atoms with Crippen LogP contribution in [0.25, 0.3) is 10.8 Å². The molecule has 0 bridgehead atoms. The number of halogens is 4. The third-order valence-electron chi connectivity index (χ3n) is 6.99. The minimum atomic E-state index is -1.94. The third kappa shape index (κ3) is 4.29. The molecule has 0 saturated carbocycles. The van der Waals surface area contributed by atoms with E-state index in [1.54, 1.807) is 0 Å². The first-order valence-corrected chi connectivity index (χ1v) is 12.6. The average Bonchev–Trinajstić information content (AvgIpc) is 2.96. The fraction of sp³-hybridized carbons (Fsp3) is 0.259. The predicted molar refractivity (Wildman–Crippen MR) is 139 cm³/mol. The second-order valence-electron chi connectivity index (χ2n) is 9.23. The number of hydrogen-bond acceptors (Lipinski definition) is 7. The number of thiol groups is 1. The fourth-order valence-electron chi connectivity index (χ4n) is 5.14. The third-order valence-corrected chi connectivity index (χ3v) is 7.39. The minimum absolute atomic E-state index is 0.212. The Morgan fingerprint density at radius 2 is 1.68 bits per heavy atom. The normalized spacial score (nSPS) is 17.6. The second-order valence-corrected chi connectivity index (χ2v) is 9.68. The van der Waals surface area contributed by atoms with Crippen molar-refractivity contribution in [3.05, 3.63) is 83.3 Å². The lowest BCUT2D eigenvalue weighted by Gasteiger charge is -2.37. The summed E-state index contributed by atoms with van der Waals surface area (Å²) >= 11 is 3.80. The highest BCUT2D eigenvalue weighted by Gasteiger charge is 2.31. The first-order chi connectivity index (χ1) is 18.4. The van der Waals surface area contributed by atoms with Crippen molar-refractivity contribution in [2.24, 2.45) is 0 Å². The molecule has 4 aromatic rings. The maximum absolute atomic E-state index is 14.4. The molecule has 1 fully saturated rings. The van der Waals surface area contributed by atoms with Gasteiger partial charge in [-0.05, 0) is 17.9 Å². The monoisotopic (exact) mass is 541 g/mol. The number of piperazine rings is 1. The summed E-state index contributed by atoms with van der Waals surface area (Å²) in [6, 6.07) is 14.5. The largest absolute Gasteiger partial charge is 0.469 e. The first kappa shape index (κ1) is 24.7. The molecule has 1 saturated heterocycles. The van der Waals surface area contributed by atoms with E-state index in [0.29, 0.717) is 26.1 Å². The molecule has 1 unspecified atom stereocenters. The maximum Gasteiger partial charge on any atom is 0.205 e. The van der Waals surface area contributed by atoms with Crippen LogP contribution in [0, 0.1) is 23.3 Å². The summed E-state index contributed by atoms with van der Waals surface area (Å²) in [6.07, 6.45) is 1.40. The standard InChI is InChI=1S/C27H23F4N5OS/c28-21-22(29)24(31)26(38)25(23(21)30)37-20-13-36(11-9-32-20)27-17-8-10-35(12-18(17)33-14-34-27)19-7-3-5-15-4-1-2-6-16(15)19/h1-7,14,20,32,38H,8-13H2. The van der Waals surface area contributed by atoms with Crippen molar-refractivity contribution in [1.82, 2.24) is 15.3 Å². The van der Waals surface area contributed by atoms with Crippen molar-refractivity contribution >= 4 is 34.9 Å². The highest BCUT2D eigenvalue weighted by Crippen LogP contribution is 2.35. The molecular formula is C27H23F4N5OS. The van der Waals surface area contributed by atoms with E-state index in [4.69, 9.17) is 4.74 Å². The van der Waals surface area contributed by atoms with Gasteiger partial charge in [0, 0.05) is 36.3 Å². The summed E-state index contributed by atoms with van der Waals surface area (Å²) in [5, 5.41) is 5.40. The van der Waals surface area contributed by atoms with Crippen molar-refractivity contribution in [1.29, 1.82) is 0 Å². The van der Waals surface area contributed by atoms with Crippen LogP contribution in [0.1, 0.15) is 11.3 Å². The molecule has 0 amide bonds. The molecule has 2 aliphatic rings. The Bertz CT molecular complexity index is 1500. The highest BCUT2D eigenvalue weighted by atomic mass is 32.1. The lowest BCUT2D eigenvalue weighted by atomic mass is 10.0. The smallest absolute Gasteiger partial charge is 0.205 e. The van der Waals surface area contributed by atoms with Gasteiger partial charge < -0.3 is 14.5 Å². The van der Waals surface area contributed by atoms with Gasteiger partial charge in [-0.1, -0.05) is 36.4 Å². The van der Waals surface area contributed by atoms with Crippen LogP contribution < -0.4 is 19.9 Å². The van der Waals surface area contributed by atoms with E-state index < -0.39 is 40.1 Å². The number of rotatable bonds is 4. The van der Waals surface area contributed by atoms with Crippen LogP contribution in [0.3, 0.4) is 0 Å². The number of aromatic nitrogens is 2. The van der Waals surface area contributed by atoms with E-state index in [-0.39, 0.29) is 6.54 Å². The Morgan fingerprint density at radius 1 is 0.895 bits per heavy atom. The van der Waals surface area contributed by atoms with Gasteiger partial charge in [-0.15, -0.1) is 12.6 Å². The van der Waals surface area contributed by atoms with Gasteiger partial charge in [-0.25, -0.2) is 23.1 Å². The van der Waals surface area contributed by atoms with Crippen LogP contribution in [0.2, 0.25) is 0 Å². The van der Waals surface area contributed by atoms with Gasteiger partial charge in [-0.2, -0.15) is 4.39 Å². The second kappa shape index (κ2) is 9.95. The molecule has 0 spiro atoms. The van der Waals surface area contributed by atoms with E-state index in [1.807, 2.05) is 17.0 Å². The van der Waals surface area contributed by atoms with Crippen LogP contribution >= 0.6 is 12.6 Å². The number of anilines is 2. The molecule has 1 atom stereocenters. The summed E-state index contributed by atoms with van der Waals surface area (Å²) < 4.78 is 61.2.